The van der Waals surface area contributed by atoms with Crippen molar-refractivity contribution in [2.24, 2.45) is 7.05 Å². The molecule has 2 aromatic carbocycles. The van der Waals surface area contributed by atoms with Crippen molar-refractivity contribution in [1.82, 2.24) is 9.55 Å². The van der Waals surface area contributed by atoms with E-state index in [1.54, 1.807) is 0 Å². The first-order valence-electron chi connectivity index (χ1n) is 6.80. The van der Waals surface area contributed by atoms with Gasteiger partial charge >= 0.3 is 0 Å². The van der Waals surface area contributed by atoms with Crippen LogP contribution in [0.3, 0.4) is 0 Å². The van der Waals surface area contributed by atoms with Gasteiger partial charge in [0.2, 0.25) is 0 Å². The smallest absolute Gasteiger partial charge is 0.109 e. The van der Waals surface area contributed by atoms with E-state index in [0.29, 0.717) is 0 Å². The van der Waals surface area contributed by atoms with Crippen LogP contribution in [-0.2, 0) is 19.9 Å². The summed E-state index contributed by atoms with van der Waals surface area (Å²) in [4.78, 5) is 4.73. The van der Waals surface area contributed by atoms with E-state index in [0.717, 1.165) is 28.7 Å². The van der Waals surface area contributed by atoms with Gasteiger partial charge in [0, 0.05) is 17.9 Å². The standard InChI is InChI=1S/C17H17BrN2/c1-12-3-5-13(6-4-12)7-10-17-19-15-9-8-14(18)11-16(15)20(17)2/h3-6,8-9,11H,7,10H2,1-2H3. The largest absolute Gasteiger partial charge is 0.331 e. The molecule has 3 heteroatoms. The Bertz CT molecular complexity index is 742. The molecule has 0 saturated carbocycles. The molecule has 3 rings (SSSR count). The molecule has 3 aromatic rings. The molecule has 0 N–H and O–H groups in total. The van der Waals surface area contributed by atoms with E-state index < -0.39 is 0 Å². The van der Waals surface area contributed by atoms with E-state index in [-0.39, 0.29) is 0 Å². The molecule has 20 heavy (non-hydrogen) atoms. The van der Waals surface area contributed by atoms with Gasteiger partial charge in [-0.3, -0.25) is 0 Å². The Morgan fingerprint density at radius 2 is 1.80 bits per heavy atom. The van der Waals surface area contributed by atoms with Crippen molar-refractivity contribution in [3.63, 3.8) is 0 Å². The van der Waals surface area contributed by atoms with E-state index in [9.17, 15) is 0 Å². The first-order valence-corrected chi connectivity index (χ1v) is 7.59. The average Bonchev–Trinajstić information content (AvgIpc) is 2.75. The van der Waals surface area contributed by atoms with E-state index in [1.165, 1.54) is 16.6 Å². The lowest BCUT2D eigenvalue weighted by molar-refractivity contribution is 0.786. The molecule has 0 aliphatic carbocycles. The summed E-state index contributed by atoms with van der Waals surface area (Å²) in [7, 11) is 2.09. The predicted octanol–water partition coefficient (Wildman–Crippen LogP) is 4.43. The summed E-state index contributed by atoms with van der Waals surface area (Å²) in [5.41, 5.74) is 4.91. The minimum Gasteiger partial charge on any atom is -0.331 e. The number of halogens is 1. The fourth-order valence-corrected chi connectivity index (χ4v) is 2.80. The maximum Gasteiger partial charge on any atom is 0.109 e. The molecule has 1 heterocycles. The third-order valence-corrected chi connectivity index (χ3v) is 4.19. The van der Waals surface area contributed by atoms with Crippen molar-refractivity contribution < 1.29 is 0 Å². The van der Waals surface area contributed by atoms with E-state index in [2.05, 4.69) is 70.9 Å². The minimum absolute atomic E-state index is 0.964. The van der Waals surface area contributed by atoms with Crippen LogP contribution in [0.4, 0.5) is 0 Å². The predicted molar refractivity (Wildman–Crippen MR) is 87.0 cm³/mol. The van der Waals surface area contributed by atoms with Gasteiger partial charge < -0.3 is 4.57 Å². The van der Waals surface area contributed by atoms with Crippen LogP contribution in [0.25, 0.3) is 11.0 Å². The molecule has 0 unspecified atom stereocenters. The lowest BCUT2D eigenvalue weighted by atomic mass is 10.1. The highest BCUT2D eigenvalue weighted by atomic mass is 79.9. The van der Waals surface area contributed by atoms with Crippen LogP contribution < -0.4 is 0 Å². The number of hydrogen-bond donors (Lipinski definition) is 0. The highest BCUT2D eigenvalue weighted by Gasteiger charge is 2.08. The molecule has 0 amide bonds. The molecular formula is C17H17BrN2. The summed E-state index contributed by atoms with van der Waals surface area (Å²) in [6, 6.07) is 15.0. The summed E-state index contributed by atoms with van der Waals surface area (Å²) in [5.74, 6) is 1.14. The van der Waals surface area contributed by atoms with Gasteiger partial charge in [-0.15, -0.1) is 0 Å². The van der Waals surface area contributed by atoms with Crippen molar-refractivity contribution in [2.45, 2.75) is 19.8 Å². The molecule has 0 saturated heterocycles. The number of aromatic nitrogens is 2. The average molecular weight is 329 g/mol. The quantitative estimate of drug-likeness (QED) is 0.695. The Morgan fingerprint density at radius 1 is 1.05 bits per heavy atom. The van der Waals surface area contributed by atoms with Crippen molar-refractivity contribution in [3.05, 3.63) is 63.9 Å². The van der Waals surface area contributed by atoms with Gasteiger partial charge in [-0.25, -0.2) is 4.98 Å². The third-order valence-electron chi connectivity index (χ3n) is 3.69. The molecule has 0 atom stereocenters. The summed E-state index contributed by atoms with van der Waals surface area (Å²) in [6.45, 7) is 2.12. The second kappa shape index (κ2) is 5.41. The highest BCUT2D eigenvalue weighted by Crippen LogP contribution is 2.21. The van der Waals surface area contributed by atoms with Crippen LogP contribution in [0.5, 0.6) is 0 Å². The maximum absolute atomic E-state index is 4.73. The number of imidazole rings is 1. The zero-order valence-corrected chi connectivity index (χ0v) is 13.3. The maximum atomic E-state index is 4.73. The Morgan fingerprint density at radius 3 is 2.55 bits per heavy atom. The normalized spacial score (nSPS) is 11.2. The van der Waals surface area contributed by atoms with Crippen molar-refractivity contribution >= 4 is 27.0 Å². The number of rotatable bonds is 3. The van der Waals surface area contributed by atoms with Gasteiger partial charge in [0.15, 0.2) is 0 Å². The second-order valence-electron chi connectivity index (χ2n) is 5.21. The summed E-state index contributed by atoms with van der Waals surface area (Å²) in [5, 5.41) is 0. The first-order chi connectivity index (χ1) is 9.63. The summed E-state index contributed by atoms with van der Waals surface area (Å²) >= 11 is 3.52. The van der Waals surface area contributed by atoms with Crippen LogP contribution in [0.1, 0.15) is 17.0 Å². The number of fused-ring (bicyclic) bond motifs is 1. The lowest BCUT2D eigenvalue weighted by Gasteiger charge is -2.03. The molecule has 0 bridgehead atoms. The third kappa shape index (κ3) is 2.63. The summed E-state index contributed by atoms with van der Waals surface area (Å²) in [6.07, 6.45) is 1.99. The van der Waals surface area contributed by atoms with E-state index in [4.69, 9.17) is 4.98 Å². The van der Waals surface area contributed by atoms with Gasteiger partial charge in [0.05, 0.1) is 11.0 Å². The Balaban J connectivity index is 1.84. The minimum atomic E-state index is 0.964. The van der Waals surface area contributed by atoms with Gasteiger partial charge in [-0.2, -0.15) is 0 Å². The van der Waals surface area contributed by atoms with Gasteiger partial charge in [0.25, 0.3) is 0 Å². The molecule has 0 spiro atoms. The van der Waals surface area contributed by atoms with Crippen molar-refractivity contribution in [3.8, 4) is 0 Å². The number of hydrogen-bond acceptors (Lipinski definition) is 1. The first kappa shape index (κ1) is 13.4. The Labute approximate surface area is 127 Å². The highest BCUT2D eigenvalue weighted by molar-refractivity contribution is 9.10. The van der Waals surface area contributed by atoms with Crippen LogP contribution in [0, 0.1) is 6.92 Å². The fourth-order valence-electron chi connectivity index (χ4n) is 2.45. The van der Waals surface area contributed by atoms with Crippen LogP contribution in [0.2, 0.25) is 0 Å². The number of nitrogens with zero attached hydrogens (tertiary/aromatic N) is 2. The Hall–Kier alpha value is -1.61. The molecule has 0 aliphatic rings. The van der Waals surface area contributed by atoms with Crippen LogP contribution in [0.15, 0.2) is 46.9 Å². The Kier molecular flexibility index (Phi) is 3.62. The van der Waals surface area contributed by atoms with Crippen molar-refractivity contribution in [1.29, 1.82) is 0 Å². The monoisotopic (exact) mass is 328 g/mol. The second-order valence-corrected chi connectivity index (χ2v) is 6.12. The van der Waals surface area contributed by atoms with Crippen LogP contribution in [-0.4, -0.2) is 9.55 Å². The number of aryl methyl sites for hydroxylation is 4. The van der Waals surface area contributed by atoms with E-state index >= 15 is 0 Å². The fraction of sp³-hybridized carbons (Fsp3) is 0.235. The molecule has 0 fully saturated rings. The zero-order valence-electron chi connectivity index (χ0n) is 11.7. The van der Waals surface area contributed by atoms with Crippen LogP contribution >= 0.6 is 15.9 Å². The summed E-state index contributed by atoms with van der Waals surface area (Å²) < 4.78 is 3.28. The topological polar surface area (TPSA) is 17.8 Å². The van der Waals surface area contributed by atoms with Gasteiger partial charge in [-0.1, -0.05) is 45.8 Å². The number of benzene rings is 2. The van der Waals surface area contributed by atoms with Gasteiger partial charge in [-0.05, 0) is 37.1 Å². The molecule has 1 aromatic heterocycles. The molecule has 2 nitrogen and oxygen atoms in total. The molecule has 0 aliphatic heterocycles. The lowest BCUT2D eigenvalue weighted by Crippen LogP contribution is -2.00. The molecule has 0 radical (unpaired) electrons. The SMILES string of the molecule is Cc1ccc(CCc2nc3ccc(Br)cc3n2C)cc1. The van der Waals surface area contributed by atoms with E-state index in [1.807, 2.05) is 6.07 Å². The molecule has 102 valence electrons. The molecular weight excluding hydrogens is 312 g/mol. The zero-order chi connectivity index (χ0) is 14.1. The van der Waals surface area contributed by atoms with Gasteiger partial charge in [0.1, 0.15) is 5.82 Å². The van der Waals surface area contributed by atoms with Crippen molar-refractivity contribution in [2.75, 3.05) is 0 Å².